The van der Waals surface area contributed by atoms with Gasteiger partial charge in [0.15, 0.2) is 15.8 Å². The minimum atomic E-state index is -3.35. The Morgan fingerprint density at radius 2 is 1.88 bits per heavy atom. The molecule has 0 aliphatic heterocycles. The van der Waals surface area contributed by atoms with Crippen molar-refractivity contribution in [3.05, 3.63) is 41.5 Å². The van der Waals surface area contributed by atoms with Crippen LogP contribution >= 0.6 is 24.0 Å². The third kappa shape index (κ3) is 6.26. The molecular formula is C19H30IN3O2S. The van der Waals surface area contributed by atoms with E-state index in [0.717, 1.165) is 24.0 Å². The molecule has 7 heteroatoms. The van der Waals surface area contributed by atoms with E-state index in [0.29, 0.717) is 23.3 Å². The topological polar surface area (TPSA) is 70.6 Å². The lowest BCUT2D eigenvalue weighted by atomic mass is 10.1. The van der Waals surface area contributed by atoms with Crippen molar-refractivity contribution in [2.24, 2.45) is 4.99 Å². The normalized spacial score (nSPS) is 16.2. The quantitative estimate of drug-likeness (QED) is 0.277. The van der Waals surface area contributed by atoms with Gasteiger partial charge in [0.05, 0.1) is 10.6 Å². The molecule has 0 heterocycles. The molecule has 1 atom stereocenters. The van der Waals surface area contributed by atoms with E-state index in [1.807, 2.05) is 26.8 Å². The first-order valence-corrected chi connectivity index (χ1v) is 10.5. The van der Waals surface area contributed by atoms with Gasteiger partial charge in [0.25, 0.3) is 0 Å². The predicted octanol–water partition coefficient (Wildman–Crippen LogP) is 3.36. The van der Waals surface area contributed by atoms with Gasteiger partial charge in [-0.2, -0.15) is 0 Å². The number of nitrogens with zero attached hydrogens (tertiary/aromatic N) is 1. The summed E-state index contributed by atoms with van der Waals surface area (Å²) in [4.78, 5) is 4.63. The maximum atomic E-state index is 12.8. The summed E-state index contributed by atoms with van der Waals surface area (Å²) in [5, 5.41) is 6.62. The molecule has 0 saturated heterocycles. The van der Waals surface area contributed by atoms with Crippen molar-refractivity contribution < 1.29 is 8.42 Å². The van der Waals surface area contributed by atoms with E-state index in [9.17, 15) is 8.42 Å². The van der Waals surface area contributed by atoms with Crippen LogP contribution in [0.5, 0.6) is 0 Å². The number of sulfone groups is 1. The highest BCUT2D eigenvalue weighted by molar-refractivity contribution is 14.0. The Labute approximate surface area is 174 Å². The molecule has 26 heavy (non-hydrogen) atoms. The summed E-state index contributed by atoms with van der Waals surface area (Å²) in [5.74, 6) is 0.714. The standard InChI is InChI=1S/C19H29N3O2S.HI/c1-5-16(21-19(20-4)22-17-8-6-7-9-17)13-25(23,24)18-11-10-14(2)15(3)12-18;/h6-7,10-12,16-17H,5,8-9,13H2,1-4H3,(H2,20,21,22);1H. The summed E-state index contributed by atoms with van der Waals surface area (Å²) < 4.78 is 25.5. The first-order valence-electron chi connectivity index (χ1n) is 8.80. The number of halogens is 1. The van der Waals surface area contributed by atoms with Gasteiger partial charge in [0.2, 0.25) is 0 Å². The molecule has 0 aromatic heterocycles. The average Bonchev–Trinajstić information content (AvgIpc) is 3.08. The molecule has 0 fully saturated rings. The van der Waals surface area contributed by atoms with Crippen molar-refractivity contribution in [2.75, 3.05) is 12.8 Å². The van der Waals surface area contributed by atoms with Crippen molar-refractivity contribution >= 4 is 39.8 Å². The second-order valence-electron chi connectivity index (χ2n) is 6.63. The molecular weight excluding hydrogens is 461 g/mol. The number of aryl methyl sites for hydroxylation is 2. The number of rotatable bonds is 6. The van der Waals surface area contributed by atoms with E-state index in [-0.39, 0.29) is 35.8 Å². The first-order chi connectivity index (χ1) is 11.9. The van der Waals surface area contributed by atoms with Crippen LogP contribution in [0.4, 0.5) is 0 Å². The Bertz CT molecular complexity index is 752. The van der Waals surface area contributed by atoms with Crippen LogP contribution in [-0.4, -0.2) is 39.3 Å². The van der Waals surface area contributed by atoms with E-state index in [2.05, 4.69) is 27.8 Å². The van der Waals surface area contributed by atoms with Crippen LogP contribution in [0.25, 0.3) is 0 Å². The highest BCUT2D eigenvalue weighted by Gasteiger charge is 2.22. The van der Waals surface area contributed by atoms with Crippen LogP contribution in [0, 0.1) is 13.8 Å². The molecule has 1 aliphatic rings. The maximum absolute atomic E-state index is 12.8. The minimum Gasteiger partial charge on any atom is -0.353 e. The molecule has 1 unspecified atom stereocenters. The number of aliphatic imine (C=N–C) groups is 1. The second-order valence-corrected chi connectivity index (χ2v) is 8.67. The highest BCUT2D eigenvalue weighted by Crippen LogP contribution is 2.17. The molecule has 1 aromatic carbocycles. The zero-order valence-electron chi connectivity index (χ0n) is 16.0. The average molecular weight is 491 g/mol. The van der Waals surface area contributed by atoms with E-state index in [1.165, 1.54) is 0 Å². The van der Waals surface area contributed by atoms with Crippen LogP contribution in [0.1, 0.15) is 37.3 Å². The SMILES string of the molecule is CCC(CS(=O)(=O)c1ccc(C)c(C)c1)NC(=NC)NC1CC=CC1.I. The second kappa shape index (κ2) is 10.3. The molecule has 0 amide bonds. The van der Waals surface area contributed by atoms with Crippen LogP contribution in [0.15, 0.2) is 40.2 Å². The number of guanidine groups is 1. The highest BCUT2D eigenvalue weighted by atomic mass is 127. The van der Waals surface area contributed by atoms with Gasteiger partial charge < -0.3 is 10.6 Å². The van der Waals surface area contributed by atoms with Crippen LogP contribution in [0.2, 0.25) is 0 Å². The summed E-state index contributed by atoms with van der Waals surface area (Å²) >= 11 is 0. The zero-order valence-corrected chi connectivity index (χ0v) is 19.1. The first kappa shape index (κ1) is 23.0. The predicted molar refractivity (Wildman–Crippen MR) is 119 cm³/mol. The smallest absolute Gasteiger partial charge is 0.191 e. The molecule has 0 radical (unpaired) electrons. The van der Waals surface area contributed by atoms with E-state index in [1.54, 1.807) is 19.2 Å². The summed E-state index contributed by atoms with van der Waals surface area (Å²) in [6.45, 7) is 5.90. The van der Waals surface area contributed by atoms with Gasteiger partial charge >= 0.3 is 0 Å². The molecule has 1 aliphatic carbocycles. The lowest BCUT2D eigenvalue weighted by molar-refractivity contribution is 0.561. The van der Waals surface area contributed by atoms with Crippen molar-refractivity contribution in [2.45, 2.75) is 57.0 Å². The monoisotopic (exact) mass is 491 g/mol. The molecule has 2 N–H and O–H groups in total. The number of benzene rings is 1. The zero-order chi connectivity index (χ0) is 18.4. The minimum absolute atomic E-state index is 0. The summed E-state index contributed by atoms with van der Waals surface area (Å²) in [6, 6.07) is 5.47. The van der Waals surface area contributed by atoms with Gasteiger partial charge in [0, 0.05) is 19.1 Å². The fourth-order valence-electron chi connectivity index (χ4n) is 2.82. The van der Waals surface area contributed by atoms with Crippen molar-refractivity contribution in [1.82, 2.24) is 10.6 Å². The Hall–Kier alpha value is -1.09. The Morgan fingerprint density at radius 1 is 1.23 bits per heavy atom. The van der Waals surface area contributed by atoms with Crippen LogP contribution in [-0.2, 0) is 9.84 Å². The fraction of sp³-hybridized carbons (Fsp3) is 0.526. The molecule has 0 saturated carbocycles. The Kier molecular flexibility index (Phi) is 9.09. The lowest BCUT2D eigenvalue weighted by Gasteiger charge is -2.23. The van der Waals surface area contributed by atoms with E-state index < -0.39 is 9.84 Å². The molecule has 1 aromatic rings. The molecule has 146 valence electrons. The largest absolute Gasteiger partial charge is 0.353 e. The summed E-state index contributed by atoms with van der Waals surface area (Å²) in [5.41, 5.74) is 2.09. The number of nitrogens with one attached hydrogen (secondary N) is 2. The van der Waals surface area contributed by atoms with Gasteiger partial charge in [0.1, 0.15) is 0 Å². The van der Waals surface area contributed by atoms with Crippen molar-refractivity contribution in [1.29, 1.82) is 0 Å². The number of hydrogen-bond acceptors (Lipinski definition) is 3. The maximum Gasteiger partial charge on any atom is 0.191 e. The molecule has 2 rings (SSSR count). The van der Waals surface area contributed by atoms with Gasteiger partial charge in [-0.1, -0.05) is 25.1 Å². The molecule has 0 bridgehead atoms. The van der Waals surface area contributed by atoms with Gasteiger partial charge in [-0.3, -0.25) is 4.99 Å². The van der Waals surface area contributed by atoms with E-state index in [4.69, 9.17) is 0 Å². The van der Waals surface area contributed by atoms with Crippen LogP contribution in [0.3, 0.4) is 0 Å². The van der Waals surface area contributed by atoms with Gasteiger partial charge in [-0.25, -0.2) is 8.42 Å². The fourth-order valence-corrected chi connectivity index (χ4v) is 4.50. The summed E-state index contributed by atoms with van der Waals surface area (Å²) in [7, 11) is -1.64. The third-order valence-corrected chi connectivity index (χ3v) is 6.48. The van der Waals surface area contributed by atoms with Crippen LogP contribution < -0.4 is 10.6 Å². The third-order valence-electron chi connectivity index (χ3n) is 4.66. The molecule has 5 nitrogen and oxygen atoms in total. The van der Waals surface area contributed by atoms with Gasteiger partial charge in [-0.05, 0) is 56.4 Å². The molecule has 0 spiro atoms. The number of hydrogen-bond donors (Lipinski definition) is 2. The summed E-state index contributed by atoms with van der Waals surface area (Å²) in [6.07, 6.45) is 6.93. The van der Waals surface area contributed by atoms with Crippen molar-refractivity contribution in [3.63, 3.8) is 0 Å². The Morgan fingerprint density at radius 3 is 2.42 bits per heavy atom. The van der Waals surface area contributed by atoms with Gasteiger partial charge in [-0.15, -0.1) is 24.0 Å². The van der Waals surface area contributed by atoms with E-state index >= 15 is 0 Å². The Balaban J connectivity index is 0.00000338. The van der Waals surface area contributed by atoms with Crippen molar-refractivity contribution in [3.8, 4) is 0 Å². The lowest BCUT2D eigenvalue weighted by Crippen LogP contribution is -2.48.